The summed E-state index contributed by atoms with van der Waals surface area (Å²) < 4.78 is 4.98. The molecule has 20 heavy (non-hydrogen) atoms. The lowest BCUT2D eigenvalue weighted by Crippen LogP contribution is -2.29. The van der Waals surface area contributed by atoms with Crippen molar-refractivity contribution in [2.24, 2.45) is 0 Å². The van der Waals surface area contributed by atoms with Crippen LogP contribution < -0.4 is 4.90 Å². The van der Waals surface area contributed by atoms with Crippen LogP contribution in [-0.4, -0.2) is 27.8 Å². The minimum Gasteiger partial charge on any atom is -0.478 e. The van der Waals surface area contributed by atoms with E-state index in [1.165, 1.54) is 0 Å². The van der Waals surface area contributed by atoms with E-state index in [1.54, 1.807) is 19.1 Å². The number of carbonyl (C=O) groups is 1. The Morgan fingerprint density at radius 3 is 3.05 bits per heavy atom. The number of benzene rings is 1. The molecule has 0 aliphatic carbocycles. The number of aromatic carboxylic acids is 1. The molecule has 0 spiro atoms. The summed E-state index contributed by atoms with van der Waals surface area (Å²) >= 11 is 0. The molecule has 1 aromatic carbocycles. The zero-order valence-corrected chi connectivity index (χ0v) is 11.2. The average Bonchev–Trinajstić information content (AvgIpc) is 2.84. The van der Waals surface area contributed by atoms with Gasteiger partial charge in [-0.3, -0.25) is 0 Å². The van der Waals surface area contributed by atoms with Gasteiger partial charge >= 0.3 is 5.97 Å². The number of rotatable bonds is 3. The van der Waals surface area contributed by atoms with E-state index in [-0.39, 0.29) is 0 Å². The molecule has 0 atom stereocenters. The van der Waals surface area contributed by atoms with E-state index in [0.717, 1.165) is 30.6 Å². The van der Waals surface area contributed by atoms with Crippen molar-refractivity contribution in [3.63, 3.8) is 0 Å². The molecular weight excluding hydrogens is 258 g/mol. The second kappa shape index (κ2) is 4.96. The van der Waals surface area contributed by atoms with Crippen molar-refractivity contribution in [3.8, 4) is 0 Å². The third-order valence-corrected chi connectivity index (χ3v) is 3.44. The number of nitrogens with zero attached hydrogens (tertiary/aromatic N) is 3. The van der Waals surface area contributed by atoms with Crippen LogP contribution >= 0.6 is 0 Å². The molecule has 2 aromatic rings. The van der Waals surface area contributed by atoms with Crippen molar-refractivity contribution in [2.45, 2.75) is 26.3 Å². The Balaban J connectivity index is 1.88. The molecule has 0 saturated carbocycles. The fourth-order valence-electron chi connectivity index (χ4n) is 2.55. The molecule has 0 amide bonds. The summed E-state index contributed by atoms with van der Waals surface area (Å²) in [5.74, 6) is 0.315. The van der Waals surface area contributed by atoms with Crippen LogP contribution in [0.3, 0.4) is 0 Å². The lowest BCUT2D eigenvalue weighted by molar-refractivity contribution is 0.0696. The molecule has 6 nitrogen and oxygen atoms in total. The summed E-state index contributed by atoms with van der Waals surface area (Å²) in [6.45, 7) is 3.25. The number of aryl methyl sites for hydroxylation is 2. The van der Waals surface area contributed by atoms with Crippen molar-refractivity contribution in [2.75, 3.05) is 11.4 Å². The second-order valence-electron chi connectivity index (χ2n) is 4.90. The van der Waals surface area contributed by atoms with E-state index in [9.17, 15) is 4.79 Å². The van der Waals surface area contributed by atoms with Gasteiger partial charge in [-0.25, -0.2) is 4.79 Å². The average molecular weight is 273 g/mol. The largest absolute Gasteiger partial charge is 0.478 e. The Labute approximate surface area is 116 Å². The SMILES string of the molecule is Cc1nc(CN2CCCc3cc(C(=O)O)ccc32)no1. The molecule has 104 valence electrons. The van der Waals surface area contributed by atoms with Crippen molar-refractivity contribution in [3.05, 3.63) is 41.0 Å². The molecule has 1 aliphatic heterocycles. The number of hydrogen-bond donors (Lipinski definition) is 1. The predicted octanol–water partition coefficient (Wildman–Crippen LogP) is 2.03. The Morgan fingerprint density at radius 2 is 2.35 bits per heavy atom. The number of aromatic nitrogens is 2. The molecule has 3 rings (SSSR count). The standard InChI is InChI=1S/C14H15N3O3/c1-9-15-13(16-20-9)8-17-6-2-3-10-7-11(14(18)19)4-5-12(10)17/h4-5,7H,2-3,6,8H2,1H3,(H,18,19). The summed E-state index contributed by atoms with van der Waals surface area (Å²) in [7, 11) is 0. The van der Waals surface area contributed by atoms with Gasteiger partial charge in [-0.1, -0.05) is 5.16 Å². The van der Waals surface area contributed by atoms with Gasteiger partial charge < -0.3 is 14.5 Å². The Kier molecular flexibility index (Phi) is 3.14. The first-order valence-corrected chi connectivity index (χ1v) is 6.54. The minimum absolute atomic E-state index is 0.334. The lowest BCUT2D eigenvalue weighted by Gasteiger charge is -2.30. The van der Waals surface area contributed by atoms with E-state index < -0.39 is 5.97 Å². The summed E-state index contributed by atoms with van der Waals surface area (Å²) in [4.78, 5) is 17.4. The van der Waals surface area contributed by atoms with Gasteiger partial charge in [-0.15, -0.1) is 0 Å². The van der Waals surface area contributed by atoms with Crippen LogP contribution in [0.2, 0.25) is 0 Å². The molecule has 1 aromatic heterocycles. The highest BCUT2D eigenvalue weighted by atomic mass is 16.5. The Morgan fingerprint density at radius 1 is 1.50 bits per heavy atom. The first-order chi connectivity index (χ1) is 9.63. The van der Waals surface area contributed by atoms with Crippen molar-refractivity contribution in [1.29, 1.82) is 0 Å². The van der Waals surface area contributed by atoms with Gasteiger partial charge in [0.1, 0.15) is 0 Å². The van der Waals surface area contributed by atoms with E-state index in [2.05, 4.69) is 15.0 Å². The highest BCUT2D eigenvalue weighted by Crippen LogP contribution is 2.29. The van der Waals surface area contributed by atoms with Gasteiger partial charge in [-0.05, 0) is 36.6 Å². The van der Waals surface area contributed by atoms with Crippen molar-refractivity contribution in [1.82, 2.24) is 10.1 Å². The summed E-state index contributed by atoms with van der Waals surface area (Å²) in [5.41, 5.74) is 2.46. The molecule has 6 heteroatoms. The number of anilines is 1. The normalized spacial score (nSPS) is 14.2. The quantitative estimate of drug-likeness (QED) is 0.921. The summed E-state index contributed by atoms with van der Waals surface area (Å²) in [6.07, 6.45) is 1.89. The van der Waals surface area contributed by atoms with Crippen LogP contribution in [0, 0.1) is 6.92 Å². The van der Waals surface area contributed by atoms with Crippen LogP contribution in [0.25, 0.3) is 0 Å². The number of carboxylic acids is 1. The zero-order chi connectivity index (χ0) is 14.1. The number of fused-ring (bicyclic) bond motifs is 1. The van der Waals surface area contributed by atoms with Crippen LogP contribution in [0.4, 0.5) is 5.69 Å². The maximum atomic E-state index is 11.0. The fourth-order valence-corrected chi connectivity index (χ4v) is 2.55. The highest BCUT2D eigenvalue weighted by Gasteiger charge is 2.20. The van der Waals surface area contributed by atoms with Gasteiger partial charge in [0.25, 0.3) is 0 Å². The van der Waals surface area contributed by atoms with Gasteiger partial charge in [0.2, 0.25) is 5.89 Å². The van der Waals surface area contributed by atoms with E-state index in [1.807, 2.05) is 6.07 Å². The van der Waals surface area contributed by atoms with Gasteiger partial charge in [0.05, 0.1) is 12.1 Å². The van der Waals surface area contributed by atoms with Crippen LogP contribution in [0.1, 0.15) is 34.1 Å². The van der Waals surface area contributed by atoms with E-state index in [4.69, 9.17) is 9.63 Å². The van der Waals surface area contributed by atoms with E-state index >= 15 is 0 Å². The topological polar surface area (TPSA) is 79.5 Å². The van der Waals surface area contributed by atoms with Gasteiger partial charge in [0.15, 0.2) is 5.82 Å². The predicted molar refractivity (Wildman–Crippen MR) is 71.8 cm³/mol. The highest BCUT2D eigenvalue weighted by molar-refractivity contribution is 5.88. The Bertz CT molecular complexity index is 651. The molecule has 1 aliphatic rings. The molecule has 0 fully saturated rings. The first-order valence-electron chi connectivity index (χ1n) is 6.54. The van der Waals surface area contributed by atoms with Gasteiger partial charge in [-0.2, -0.15) is 4.98 Å². The van der Waals surface area contributed by atoms with E-state index in [0.29, 0.717) is 23.8 Å². The third-order valence-electron chi connectivity index (χ3n) is 3.44. The zero-order valence-electron chi connectivity index (χ0n) is 11.2. The first kappa shape index (κ1) is 12.7. The number of hydrogen-bond acceptors (Lipinski definition) is 5. The van der Waals surface area contributed by atoms with Crippen LogP contribution in [0.15, 0.2) is 22.7 Å². The van der Waals surface area contributed by atoms with Crippen LogP contribution in [0.5, 0.6) is 0 Å². The van der Waals surface area contributed by atoms with Crippen molar-refractivity contribution < 1.29 is 14.4 Å². The monoisotopic (exact) mass is 273 g/mol. The second-order valence-corrected chi connectivity index (χ2v) is 4.90. The molecule has 0 bridgehead atoms. The van der Waals surface area contributed by atoms with Gasteiger partial charge in [0, 0.05) is 19.2 Å². The molecule has 0 radical (unpaired) electrons. The maximum Gasteiger partial charge on any atom is 0.335 e. The number of carboxylic acid groups (broad SMARTS) is 1. The Hall–Kier alpha value is -2.37. The smallest absolute Gasteiger partial charge is 0.335 e. The molecule has 0 unspecified atom stereocenters. The fraction of sp³-hybridized carbons (Fsp3) is 0.357. The molecule has 1 N–H and O–H groups in total. The molecule has 0 saturated heterocycles. The third kappa shape index (κ3) is 2.36. The minimum atomic E-state index is -0.890. The summed E-state index contributed by atoms with van der Waals surface area (Å²) in [5, 5.41) is 13.0. The van der Waals surface area contributed by atoms with Crippen molar-refractivity contribution >= 4 is 11.7 Å². The molecular formula is C14H15N3O3. The maximum absolute atomic E-state index is 11.0. The van der Waals surface area contributed by atoms with Crippen LogP contribution in [-0.2, 0) is 13.0 Å². The molecule has 2 heterocycles. The summed E-state index contributed by atoms with van der Waals surface area (Å²) in [6, 6.07) is 5.26. The lowest BCUT2D eigenvalue weighted by atomic mass is 9.99.